The number of nitrogens with two attached hydrogens (primary N) is 1. The minimum absolute atomic E-state index is 0.284. The summed E-state index contributed by atoms with van der Waals surface area (Å²) < 4.78 is 4.84. The van der Waals surface area contributed by atoms with Gasteiger partial charge in [-0.1, -0.05) is 0 Å². The number of likely N-dealkylation sites (N-methyl/N-ethyl adjacent to an activating group) is 1. The highest BCUT2D eigenvalue weighted by atomic mass is 16.5. The van der Waals surface area contributed by atoms with Crippen molar-refractivity contribution in [3.63, 3.8) is 0 Å². The monoisotopic (exact) mass is 227 g/mol. The summed E-state index contributed by atoms with van der Waals surface area (Å²) in [5.41, 5.74) is 2.41. The summed E-state index contributed by atoms with van der Waals surface area (Å²) in [6.07, 6.45) is 2.55. The number of aromatic nitrogens is 2. The zero-order valence-electron chi connectivity index (χ0n) is 9.42. The number of aliphatic hydroxyl groups is 1. The molecular weight excluding hydrogens is 210 g/mol. The molecule has 0 amide bonds. The summed E-state index contributed by atoms with van der Waals surface area (Å²) in [6.45, 7) is 0.698. The molecule has 4 N–H and O–H groups in total. The highest BCUT2D eigenvalue weighted by molar-refractivity contribution is 5.42. The number of hydrazine groups is 1. The van der Waals surface area contributed by atoms with E-state index in [2.05, 4.69) is 15.4 Å². The van der Waals surface area contributed by atoms with Gasteiger partial charge in [0.15, 0.2) is 5.82 Å². The molecule has 0 spiro atoms. The first-order valence-electron chi connectivity index (χ1n) is 4.84. The van der Waals surface area contributed by atoms with Crippen LogP contribution in [0.1, 0.15) is 0 Å². The first kappa shape index (κ1) is 12.6. The van der Waals surface area contributed by atoms with Gasteiger partial charge in [0.25, 0.3) is 0 Å². The predicted molar refractivity (Wildman–Crippen MR) is 61.0 cm³/mol. The second kappa shape index (κ2) is 6.21. The molecule has 0 aromatic carbocycles. The average Bonchev–Trinajstić information content (AvgIpc) is 2.29. The van der Waals surface area contributed by atoms with Crippen LogP contribution in [0, 0.1) is 0 Å². The molecule has 1 atom stereocenters. The smallest absolute Gasteiger partial charge is 0.160 e. The van der Waals surface area contributed by atoms with Crippen LogP contribution >= 0.6 is 0 Å². The molecule has 0 aliphatic rings. The van der Waals surface area contributed by atoms with Crippen molar-refractivity contribution >= 4 is 11.6 Å². The van der Waals surface area contributed by atoms with Gasteiger partial charge in [-0.2, -0.15) is 0 Å². The van der Waals surface area contributed by atoms with E-state index in [1.807, 2.05) is 7.05 Å². The molecule has 0 aliphatic heterocycles. The Hall–Kier alpha value is -1.44. The van der Waals surface area contributed by atoms with E-state index >= 15 is 0 Å². The second-order valence-electron chi connectivity index (χ2n) is 3.40. The van der Waals surface area contributed by atoms with Crippen LogP contribution in [0.2, 0.25) is 0 Å². The zero-order chi connectivity index (χ0) is 12.0. The van der Waals surface area contributed by atoms with Gasteiger partial charge < -0.3 is 20.2 Å². The number of hydrogen-bond acceptors (Lipinski definition) is 7. The number of nitrogens with one attached hydrogen (secondary N) is 1. The Labute approximate surface area is 94.2 Å². The van der Waals surface area contributed by atoms with E-state index in [0.717, 1.165) is 0 Å². The molecule has 0 saturated carbocycles. The van der Waals surface area contributed by atoms with Crippen molar-refractivity contribution < 1.29 is 9.84 Å². The molecule has 7 nitrogen and oxygen atoms in total. The van der Waals surface area contributed by atoms with Crippen LogP contribution in [0.15, 0.2) is 12.4 Å². The van der Waals surface area contributed by atoms with Crippen LogP contribution in [-0.4, -0.2) is 48.5 Å². The first-order chi connectivity index (χ1) is 7.67. The van der Waals surface area contributed by atoms with Crippen molar-refractivity contribution in [3.05, 3.63) is 12.4 Å². The topological polar surface area (TPSA) is 96.5 Å². The molecule has 0 radical (unpaired) electrons. The largest absolute Gasteiger partial charge is 0.389 e. The molecule has 1 aromatic heterocycles. The Balaban J connectivity index is 2.61. The number of nitrogen functional groups attached to an aromatic ring is 1. The van der Waals surface area contributed by atoms with Crippen LogP contribution in [0.25, 0.3) is 0 Å². The number of ether oxygens (including phenoxy) is 1. The molecule has 0 fully saturated rings. The van der Waals surface area contributed by atoms with Gasteiger partial charge >= 0.3 is 0 Å². The third kappa shape index (κ3) is 3.61. The maximum Gasteiger partial charge on any atom is 0.160 e. The second-order valence-corrected chi connectivity index (χ2v) is 3.40. The van der Waals surface area contributed by atoms with Gasteiger partial charge in [-0.3, -0.25) is 4.98 Å². The number of aliphatic hydroxyl groups excluding tert-OH is 1. The van der Waals surface area contributed by atoms with Gasteiger partial charge in [-0.05, 0) is 0 Å². The Morgan fingerprint density at radius 3 is 3.00 bits per heavy atom. The van der Waals surface area contributed by atoms with Gasteiger partial charge in [0.1, 0.15) is 5.82 Å². The Kier molecular flexibility index (Phi) is 4.90. The van der Waals surface area contributed by atoms with E-state index in [1.54, 1.807) is 18.2 Å². The van der Waals surface area contributed by atoms with Crippen molar-refractivity contribution in [2.75, 3.05) is 37.6 Å². The molecule has 1 rings (SSSR count). The van der Waals surface area contributed by atoms with E-state index in [0.29, 0.717) is 18.2 Å². The quantitative estimate of drug-likeness (QED) is 0.432. The maximum absolute atomic E-state index is 9.55. The highest BCUT2D eigenvalue weighted by Crippen LogP contribution is 2.10. The predicted octanol–water partition coefficient (Wildman–Crippen LogP) is -0.794. The van der Waals surface area contributed by atoms with Crippen molar-refractivity contribution in [3.8, 4) is 0 Å². The fourth-order valence-corrected chi connectivity index (χ4v) is 1.26. The van der Waals surface area contributed by atoms with E-state index in [4.69, 9.17) is 10.6 Å². The lowest BCUT2D eigenvalue weighted by Crippen LogP contribution is -2.32. The summed E-state index contributed by atoms with van der Waals surface area (Å²) in [4.78, 5) is 9.93. The number of nitrogens with zero attached hydrogens (tertiary/aromatic N) is 3. The van der Waals surface area contributed by atoms with Crippen molar-refractivity contribution in [2.45, 2.75) is 6.10 Å². The minimum Gasteiger partial charge on any atom is -0.389 e. The van der Waals surface area contributed by atoms with Crippen molar-refractivity contribution in [1.29, 1.82) is 0 Å². The third-order valence-electron chi connectivity index (χ3n) is 2.00. The van der Waals surface area contributed by atoms with Crippen LogP contribution < -0.4 is 16.2 Å². The summed E-state index contributed by atoms with van der Waals surface area (Å²) in [5, 5.41) is 9.55. The van der Waals surface area contributed by atoms with Crippen LogP contribution in [0.5, 0.6) is 0 Å². The van der Waals surface area contributed by atoms with E-state index < -0.39 is 6.10 Å². The SMILES string of the molecule is COCC(O)CN(C)c1cncc(NN)n1. The van der Waals surface area contributed by atoms with Crippen LogP contribution in [-0.2, 0) is 4.74 Å². The summed E-state index contributed by atoms with van der Waals surface area (Å²) in [6, 6.07) is 0. The maximum atomic E-state index is 9.55. The van der Waals surface area contributed by atoms with E-state index in [9.17, 15) is 5.11 Å². The average molecular weight is 227 g/mol. The Morgan fingerprint density at radius 1 is 1.62 bits per heavy atom. The summed E-state index contributed by atoms with van der Waals surface area (Å²) >= 11 is 0. The lowest BCUT2D eigenvalue weighted by molar-refractivity contribution is 0.0694. The van der Waals surface area contributed by atoms with Gasteiger partial charge in [0.05, 0.1) is 25.1 Å². The molecule has 0 saturated heterocycles. The molecule has 1 heterocycles. The Bertz CT molecular complexity index is 323. The molecule has 0 aliphatic carbocycles. The van der Waals surface area contributed by atoms with Gasteiger partial charge in [-0.15, -0.1) is 0 Å². The van der Waals surface area contributed by atoms with Crippen molar-refractivity contribution in [2.24, 2.45) is 5.84 Å². The summed E-state index contributed by atoms with van der Waals surface area (Å²) in [5.74, 6) is 6.33. The molecule has 90 valence electrons. The fourth-order valence-electron chi connectivity index (χ4n) is 1.26. The third-order valence-corrected chi connectivity index (χ3v) is 2.00. The lowest BCUT2D eigenvalue weighted by Gasteiger charge is -2.21. The molecule has 7 heteroatoms. The lowest BCUT2D eigenvalue weighted by atomic mass is 10.3. The Morgan fingerprint density at radius 2 is 2.38 bits per heavy atom. The standard InChI is InChI=1S/C9H17N5O2/c1-14(5-7(15)6-16-2)9-4-11-3-8(12-9)13-10/h3-4,7,15H,5-6,10H2,1-2H3,(H,12,13). The van der Waals surface area contributed by atoms with E-state index in [1.165, 1.54) is 6.20 Å². The van der Waals surface area contributed by atoms with Crippen molar-refractivity contribution in [1.82, 2.24) is 9.97 Å². The van der Waals surface area contributed by atoms with E-state index in [-0.39, 0.29) is 6.61 Å². The normalized spacial score (nSPS) is 12.2. The fraction of sp³-hybridized carbons (Fsp3) is 0.556. The highest BCUT2D eigenvalue weighted by Gasteiger charge is 2.10. The molecule has 1 unspecified atom stereocenters. The minimum atomic E-state index is -0.564. The zero-order valence-corrected chi connectivity index (χ0v) is 9.42. The molecule has 16 heavy (non-hydrogen) atoms. The molecular formula is C9H17N5O2. The van der Waals surface area contributed by atoms with Crippen LogP contribution in [0.4, 0.5) is 11.6 Å². The van der Waals surface area contributed by atoms with Gasteiger partial charge in [-0.25, -0.2) is 10.8 Å². The summed E-state index contributed by atoms with van der Waals surface area (Å²) in [7, 11) is 3.35. The number of anilines is 2. The first-order valence-corrected chi connectivity index (χ1v) is 4.84. The van der Waals surface area contributed by atoms with Gasteiger partial charge in [0, 0.05) is 20.7 Å². The number of rotatable bonds is 6. The number of hydrogen-bond donors (Lipinski definition) is 3. The van der Waals surface area contributed by atoms with Gasteiger partial charge in [0.2, 0.25) is 0 Å². The molecule has 1 aromatic rings. The number of methoxy groups -OCH3 is 1. The molecule has 0 bridgehead atoms. The van der Waals surface area contributed by atoms with Crippen LogP contribution in [0.3, 0.4) is 0 Å².